The number of benzene rings is 1. The highest BCUT2D eigenvalue weighted by Gasteiger charge is 2.20. The first kappa shape index (κ1) is 12.0. The van der Waals surface area contributed by atoms with E-state index >= 15 is 0 Å². The number of nitrogens with zero attached hydrogens (tertiary/aromatic N) is 3. The Morgan fingerprint density at radius 1 is 1.41 bits per heavy atom. The van der Waals surface area contributed by atoms with Crippen molar-refractivity contribution in [2.45, 2.75) is 19.4 Å². The van der Waals surface area contributed by atoms with Crippen molar-refractivity contribution in [1.29, 1.82) is 0 Å². The molecule has 0 saturated carbocycles. The first-order valence-electron chi connectivity index (χ1n) is 4.98. The lowest BCUT2D eigenvalue weighted by Gasteiger charge is -2.11. The number of halogens is 2. The van der Waals surface area contributed by atoms with Crippen molar-refractivity contribution >= 4 is 11.6 Å². The molecule has 0 aliphatic rings. The average molecular weight is 256 g/mol. The summed E-state index contributed by atoms with van der Waals surface area (Å²) >= 11 is 5.59. The lowest BCUT2D eigenvalue weighted by atomic mass is 10.1. The van der Waals surface area contributed by atoms with Crippen molar-refractivity contribution in [3.63, 3.8) is 0 Å². The molecule has 1 aromatic carbocycles. The van der Waals surface area contributed by atoms with Crippen LogP contribution in [0, 0.1) is 5.82 Å². The minimum atomic E-state index is -1.08. The van der Waals surface area contributed by atoms with E-state index in [0.717, 1.165) is 0 Å². The molecule has 90 valence electrons. The van der Waals surface area contributed by atoms with Gasteiger partial charge in [0.2, 0.25) is 0 Å². The molecule has 0 amide bonds. The molecule has 1 aromatic heterocycles. The predicted octanol–water partition coefficient (Wildman–Crippen LogP) is 2.29. The van der Waals surface area contributed by atoms with Gasteiger partial charge in [-0.25, -0.2) is 9.07 Å². The summed E-state index contributed by atoms with van der Waals surface area (Å²) in [7, 11) is 0. The van der Waals surface area contributed by atoms with Gasteiger partial charge < -0.3 is 5.11 Å². The van der Waals surface area contributed by atoms with Gasteiger partial charge in [-0.2, -0.15) is 0 Å². The van der Waals surface area contributed by atoms with Gasteiger partial charge in [0.25, 0.3) is 0 Å². The Morgan fingerprint density at radius 3 is 2.65 bits per heavy atom. The molecular weight excluding hydrogens is 245 g/mol. The molecule has 17 heavy (non-hydrogen) atoms. The monoisotopic (exact) mass is 255 g/mol. The second-order valence-corrected chi connectivity index (χ2v) is 4.61. The molecule has 4 nitrogen and oxygen atoms in total. The average Bonchev–Trinajstić information content (AvgIpc) is 2.70. The van der Waals surface area contributed by atoms with Gasteiger partial charge in [0.1, 0.15) is 17.1 Å². The molecule has 2 rings (SSSR count). The zero-order valence-corrected chi connectivity index (χ0v) is 10.1. The second kappa shape index (κ2) is 4.09. The molecule has 0 radical (unpaired) electrons. The summed E-state index contributed by atoms with van der Waals surface area (Å²) in [6.07, 6.45) is 1.54. The highest BCUT2D eigenvalue weighted by Crippen LogP contribution is 2.20. The summed E-state index contributed by atoms with van der Waals surface area (Å²) in [6, 6.07) is 4.32. The summed E-state index contributed by atoms with van der Waals surface area (Å²) < 4.78 is 14.6. The number of hydrogen-bond donors (Lipinski definition) is 1. The fraction of sp³-hybridized carbons (Fsp3) is 0.273. The number of hydrogen-bond acceptors (Lipinski definition) is 3. The van der Waals surface area contributed by atoms with E-state index in [9.17, 15) is 9.50 Å². The van der Waals surface area contributed by atoms with Gasteiger partial charge in [-0.3, -0.25) is 0 Å². The van der Waals surface area contributed by atoms with E-state index in [1.165, 1.54) is 16.8 Å². The van der Waals surface area contributed by atoms with Crippen molar-refractivity contribution in [1.82, 2.24) is 15.0 Å². The van der Waals surface area contributed by atoms with Crippen LogP contribution in [0.3, 0.4) is 0 Å². The fourth-order valence-electron chi connectivity index (χ4n) is 1.30. The number of aliphatic hydroxyl groups is 1. The van der Waals surface area contributed by atoms with Crippen molar-refractivity contribution in [2.24, 2.45) is 0 Å². The Kier molecular flexibility index (Phi) is 2.89. The van der Waals surface area contributed by atoms with Crippen LogP contribution in [-0.2, 0) is 5.60 Å². The Morgan fingerprint density at radius 2 is 2.12 bits per heavy atom. The van der Waals surface area contributed by atoms with E-state index in [1.54, 1.807) is 26.1 Å². The van der Waals surface area contributed by atoms with Crippen LogP contribution in [0.5, 0.6) is 0 Å². The first-order chi connectivity index (χ1) is 7.88. The zero-order chi connectivity index (χ0) is 12.6. The molecule has 0 bridgehead atoms. The smallest absolute Gasteiger partial charge is 0.143 e. The Bertz CT molecular complexity index is 548. The predicted molar refractivity (Wildman–Crippen MR) is 61.6 cm³/mol. The van der Waals surface area contributed by atoms with E-state index in [0.29, 0.717) is 11.4 Å². The van der Waals surface area contributed by atoms with Gasteiger partial charge >= 0.3 is 0 Å². The van der Waals surface area contributed by atoms with Crippen LogP contribution in [0.25, 0.3) is 5.69 Å². The van der Waals surface area contributed by atoms with Gasteiger partial charge in [-0.1, -0.05) is 16.8 Å². The van der Waals surface area contributed by atoms with Gasteiger partial charge in [-0.15, -0.1) is 5.10 Å². The largest absolute Gasteiger partial charge is 0.384 e. The third-order valence-corrected chi connectivity index (χ3v) is 2.59. The number of aromatic nitrogens is 3. The molecule has 0 aliphatic carbocycles. The fourth-order valence-corrected chi connectivity index (χ4v) is 1.42. The van der Waals surface area contributed by atoms with E-state index in [2.05, 4.69) is 10.3 Å². The van der Waals surface area contributed by atoms with Crippen LogP contribution in [0.2, 0.25) is 5.02 Å². The van der Waals surface area contributed by atoms with Crippen LogP contribution in [-0.4, -0.2) is 20.1 Å². The zero-order valence-electron chi connectivity index (χ0n) is 9.35. The normalized spacial score (nSPS) is 11.8. The molecule has 0 aliphatic heterocycles. The third kappa shape index (κ3) is 2.45. The van der Waals surface area contributed by atoms with Gasteiger partial charge in [-0.05, 0) is 26.0 Å². The summed E-state index contributed by atoms with van der Waals surface area (Å²) in [5.74, 6) is -0.524. The summed E-state index contributed by atoms with van der Waals surface area (Å²) in [4.78, 5) is 0. The molecule has 0 unspecified atom stereocenters. The second-order valence-electron chi connectivity index (χ2n) is 4.21. The minimum Gasteiger partial charge on any atom is -0.384 e. The summed E-state index contributed by atoms with van der Waals surface area (Å²) in [5, 5.41) is 17.4. The molecule has 0 spiro atoms. The summed E-state index contributed by atoms with van der Waals surface area (Å²) in [6.45, 7) is 3.20. The van der Waals surface area contributed by atoms with Crippen molar-refractivity contribution in [3.05, 3.63) is 40.9 Å². The van der Waals surface area contributed by atoms with Gasteiger partial charge in [0.15, 0.2) is 0 Å². The van der Waals surface area contributed by atoms with Crippen molar-refractivity contribution < 1.29 is 9.50 Å². The minimum absolute atomic E-state index is 0.0524. The van der Waals surface area contributed by atoms with E-state index in [1.807, 2.05) is 0 Å². The van der Waals surface area contributed by atoms with Gasteiger partial charge in [0.05, 0.1) is 16.9 Å². The Balaban J connectivity index is 2.40. The molecular formula is C11H11ClFN3O. The van der Waals surface area contributed by atoms with Crippen LogP contribution < -0.4 is 0 Å². The highest BCUT2D eigenvalue weighted by atomic mass is 35.5. The van der Waals surface area contributed by atoms with Crippen molar-refractivity contribution in [2.75, 3.05) is 0 Å². The first-order valence-corrected chi connectivity index (χ1v) is 5.36. The summed E-state index contributed by atoms with van der Waals surface area (Å²) in [5.41, 5.74) is -0.175. The standard InChI is InChI=1S/C11H11ClFN3O/c1-11(2,17)10-6-16(15-14-10)7-3-4-8(12)9(13)5-7/h3-6,17H,1-2H3. The van der Waals surface area contributed by atoms with Crippen molar-refractivity contribution in [3.8, 4) is 5.69 Å². The lowest BCUT2D eigenvalue weighted by molar-refractivity contribution is 0.0737. The van der Waals surface area contributed by atoms with E-state index in [4.69, 9.17) is 11.6 Å². The maximum Gasteiger partial charge on any atom is 0.143 e. The van der Waals surface area contributed by atoms with E-state index in [-0.39, 0.29) is 5.02 Å². The SMILES string of the molecule is CC(C)(O)c1cn(-c2ccc(Cl)c(F)c2)nn1. The molecule has 1 heterocycles. The Labute approximate surface area is 103 Å². The molecule has 0 saturated heterocycles. The number of rotatable bonds is 2. The van der Waals surface area contributed by atoms with Crippen LogP contribution in [0.15, 0.2) is 24.4 Å². The molecule has 1 N–H and O–H groups in total. The quantitative estimate of drug-likeness (QED) is 0.896. The molecule has 0 fully saturated rings. The van der Waals surface area contributed by atoms with Crippen LogP contribution >= 0.6 is 11.6 Å². The van der Waals surface area contributed by atoms with Crippen LogP contribution in [0.4, 0.5) is 4.39 Å². The molecule has 6 heteroatoms. The van der Waals surface area contributed by atoms with Crippen LogP contribution in [0.1, 0.15) is 19.5 Å². The molecule has 0 atom stereocenters. The lowest BCUT2D eigenvalue weighted by Crippen LogP contribution is -2.15. The highest BCUT2D eigenvalue weighted by molar-refractivity contribution is 6.30. The molecule has 2 aromatic rings. The topological polar surface area (TPSA) is 50.9 Å². The maximum atomic E-state index is 13.3. The maximum absolute atomic E-state index is 13.3. The Hall–Kier alpha value is -1.46. The van der Waals surface area contributed by atoms with E-state index < -0.39 is 11.4 Å². The van der Waals surface area contributed by atoms with Gasteiger partial charge in [0, 0.05) is 6.07 Å². The third-order valence-electron chi connectivity index (χ3n) is 2.29.